The zero-order valence-corrected chi connectivity index (χ0v) is 15.7. The Kier molecular flexibility index (Phi) is 5.26. The Morgan fingerprint density at radius 2 is 2.03 bits per heavy atom. The number of allylic oxidation sites excluding steroid dienone is 2. The zero-order chi connectivity index (χ0) is 21.2. The second kappa shape index (κ2) is 7.66. The number of benzene rings is 1. The molecule has 0 radical (unpaired) electrons. The summed E-state index contributed by atoms with van der Waals surface area (Å²) in [6, 6.07) is 11.8. The predicted molar refractivity (Wildman–Crippen MR) is 99.8 cm³/mol. The molecule has 1 aromatic carbocycles. The summed E-state index contributed by atoms with van der Waals surface area (Å²) in [6.45, 7) is 2.05. The van der Waals surface area contributed by atoms with Gasteiger partial charge in [0.2, 0.25) is 5.41 Å². The third-order valence-electron chi connectivity index (χ3n) is 5.41. The molecule has 0 saturated heterocycles. The van der Waals surface area contributed by atoms with Gasteiger partial charge in [0.25, 0.3) is 0 Å². The number of halogens is 1. The lowest BCUT2D eigenvalue weighted by Crippen LogP contribution is -2.49. The highest BCUT2D eigenvalue weighted by atomic mass is 19.1. The van der Waals surface area contributed by atoms with E-state index in [2.05, 4.69) is 0 Å². The lowest BCUT2D eigenvalue weighted by molar-refractivity contribution is 0.101. The summed E-state index contributed by atoms with van der Waals surface area (Å²) < 4.78 is 19.7. The molecule has 1 heterocycles. The van der Waals surface area contributed by atoms with Gasteiger partial charge in [-0.05, 0) is 24.1 Å². The average Bonchev–Trinajstić information content (AvgIpc) is 2.74. The maximum atomic E-state index is 14.7. The molecule has 146 valence electrons. The van der Waals surface area contributed by atoms with E-state index in [0.717, 1.165) is 0 Å². The highest BCUT2D eigenvalue weighted by Crippen LogP contribution is 2.53. The van der Waals surface area contributed by atoms with E-state index in [1.54, 1.807) is 19.1 Å². The molecule has 1 aliphatic carbocycles. The number of fused-ring (bicyclic) bond motifs is 1. The first-order chi connectivity index (χ1) is 13.9. The number of ether oxygens (including phenoxy) is 1. The summed E-state index contributed by atoms with van der Waals surface area (Å²) in [5, 5.41) is 29.4. The topological polar surface area (TPSA) is 127 Å². The molecule has 1 aliphatic heterocycles. The van der Waals surface area contributed by atoms with E-state index in [4.69, 9.17) is 10.5 Å². The van der Waals surface area contributed by atoms with Crippen molar-refractivity contribution in [1.29, 1.82) is 15.8 Å². The molecule has 8 heteroatoms. The highest BCUT2D eigenvalue weighted by Gasteiger charge is 2.53. The molecule has 0 spiro atoms. The minimum absolute atomic E-state index is 0.0361. The average molecular weight is 391 g/mol. The molecule has 0 fully saturated rings. The van der Waals surface area contributed by atoms with Gasteiger partial charge in [-0.2, -0.15) is 15.8 Å². The van der Waals surface area contributed by atoms with E-state index in [9.17, 15) is 25.0 Å². The number of nitrogens with zero attached hydrogens (tertiary/aromatic N) is 4. The van der Waals surface area contributed by atoms with Gasteiger partial charge in [0.1, 0.15) is 5.82 Å². The maximum absolute atomic E-state index is 14.7. The lowest BCUT2D eigenvalue weighted by atomic mass is 9.60. The number of rotatable bonds is 2. The summed E-state index contributed by atoms with van der Waals surface area (Å²) in [4.78, 5) is 13.7. The normalized spacial score (nSPS) is 22.4. The molecule has 0 aromatic heterocycles. The minimum atomic E-state index is -1.84. The quantitative estimate of drug-likeness (QED) is 0.772. The van der Waals surface area contributed by atoms with Crippen LogP contribution in [0.3, 0.4) is 0 Å². The molecule has 1 amide bonds. The van der Waals surface area contributed by atoms with Crippen molar-refractivity contribution < 1.29 is 13.9 Å². The van der Waals surface area contributed by atoms with Crippen LogP contribution in [-0.2, 0) is 4.74 Å². The molecule has 2 unspecified atom stereocenters. The van der Waals surface area contributed by atoms with Crippen LogP contribution in [0, 0.1) is 51.1 Å². The van der Waals surface area contributed by atoms with Crippen LogP contribution in [0.1, 0.15) is 18.4 Å². The first-order valence-corrected chi connectivity index (χ1v) is 9.04. The molecule has 0 saturated carbocycles. The van der Waals surface area contributed by atoms with Crippen molar-refractivity contribution in [2.45, 2.75) is 12.8 Å². The summed E-state index contributed by atoms with van der Waals surface area (Å²) in [7, 11) is 0. The summed E-state index contributed by atoms with van der Waals surface area (Å²) >= 11 is 0. The largest absolute Gasteiger partial charge is 0.450 e. The Bertz CT molecular complexity index is 1030. The van der Waals surface area contributed by atoms with Crippen molar-refractivity contribution in [3.05, 3.63) is 58.6 Å². The fraction of sp³-hybridized carbons (Fsp3) is 0.333. The number of amides is 1. The predicted octanol–water partition coefficient (Wildman–Crippen LogP) is 2.71. The Morgan fingerprint density at radius 3 is 2.62 bits per heavy atom. The SMILES string of the molecule is CCOC(=O)N1CC=C2C(C1)C(c1ccccc1F)C(C#N)=C(N)C2(C#N)C#N. The zero-order valence-electron chi connectivity index (χ0n) is 15.7. The van der Waals surface area contributed by atoms with Gasteiger partial charge in [0, 0.05) is 24.9 Å². The molecular formula is C21H18FN5O2. The van der Waals surface area contributed by atoms with E-state index in [1.807, 2.05) is 18.2 Å². The maximum Gasteiger partial charge on any atom is 0.410 e. The molecule has 3 rings (SSSR count). The van der Waals surface area contributed by atoms with Gasteiger partial charge >= 0.3 is 6.09 Å². The van der Waals surface area contributed by atoms with E-state index in [-0.39, 0.29) is 36.5 Å². The minimum Gasteiger partial charge on any atom is -0.450 e. The molecular weight excluding hydrogens is 373 g/mol. The molecule has 0 bridgehead atoms. The number of carbonyl (C=O) groups excluding carboxylic acids is 1. The third-order valence-corrected chi connectivity index (χ3v) is 5.41. The van der Waals surface area contributed by atoms with Crippen molar-refractivity contribution in [2.24, 2.45) is 17.1 Å². The number of hydrogen-bond donors (Lipinski definition) is 1. The Balaban J connectivity index is 2.25. The van der Waals surface area contributed by atoms with Crippen LogP contribution in [-0.4, -0.2) is 30.7 Å². The van der Waals surface area contributed by atoms with E-state index >= 15 is 0 Å². The van der Waals surface area contributed by atoms with Crippen molar-refractivity contribution >= 4 is 6.09 Å². The third kappa shape index (κ3) is 2.98. The number of carbonyl (C=O) groups is 1. The summed E-state index contributed by atoms with van der Waals surface area (Å²) in [5.41, 5.74) is 4.70. The van der Waals surface area contributed by atoms with E-state index in [1.165, 1.54) is 23.1 Å². The van der Waals surface area contributed by atoms with Gasteiger partial charge in [-0.25, -0.2) is 9.18 Å². The van der Waals surface area contributed by atoms with Crippen molar-refractivity contribution in [1.82, 2.24) is 4.90 Å². The van der Waals surface area contributed by atoms with Crippen molar-refractivity contribution in [2.75, 3.05) is 19.7 Å². The second-order valence-electron chi connectivity index (χ2n) is 6.78. The fourth-order valence-corrected chi connectivity index (χ4v) is 4.08. The Labute approximate surface area is 167 Å². The van der Waals surface area contributed by atoms with Gasteiger partial charge < -0.3 is 15.4 Å². The summed E-state index contributed by atoms with van der Waals surface area (Å²) in [6.07, 6.45) is 1.03. The fourth-order valence-electron chi connectivity index (χ4n) is 4.08. The molecule has 2 atom stereocenters. The lowest BCUT2D eigenvalue weighted by Gasteiger charge is -2.44. The Hall–Kier alpha value is -3.83. The highest BCUT2D eigenvalue weighted by molar-refractivity contribution is 5.69. The number of hydrogen-bond acceptors (Lipinski definition) is 6. The molecule has 2 N–H and O–H groups in total. The molecule has 1 aromatic rings. The standard InChI is InChI=1S/C21H18FN5O2/c1-2-29-20(28)27-8-7-16-15(10-27)18(13-5-3-4-6-17(13)22)14(9-23)19(26)21(16,11-24)12-25/h3-7,15,18H,2,8,10,26H2,1H3. The van der Waals surface area contributed by atoms with Crippen molar-refractivity contribution in [3.8, 4) is 18.2 Å². The molecule has 7 nitrogen and oxygen atoms in total. The van der Waals surface area contributed by atoms with E-state index < -0.39 is 29.2 Å². The first-order valence-electron chi connectivity index (χ1n) is 9.04. The van der Waals surface area contributed by atoms with Crippen LogP contribution >= 0.6 is 0 Å². The van der Waals surface area contributed by atoms with E-state index in [0.29, 0.717) is 5.57 Å². The van der Waals surface area contributed by atoms with Gasteiger partial charge in [0.05, 0.1) is 36.1 Å². The first kappa shape index (κ1) is 19.9. The van der Waals surface area contributed by atoms with Crippen molar-refractivity contribution in [3.63, 3.8) is 0 Å². The van der Waals surface area contributed by atoms with Gasteiger partial charge in [-0.3, -0.25) is 0 Å². The van der Waals surface area contributed by atoms with Crippen LogP contribution in [0.15, 0.2) is 47.2 Å². The molecule has 29 heavy (non-hydrogen) atoms. The molecule has 2 aliphatic rings. The van der Waals surface area contributed by atoms with Gasteiger partial charge in [-0.1, -0.05) is 24.3 Å². The Morgan fingerprint density at radius 1 is 1.34 bits per heavy atom. The number of nitriles is 3. The monoisotopic (exact) mass is 391 g/mol. The van der Waals surface area contributed by atoms with Crippen LogP contribution in [0.2, 0.25) is 0 Å². The van der Waals surface area contributed by atoms with Crippen LogP contribution < -0.4 is 5.73 Å². The van der Waals surface area contributed by atoms with Crippen LogP contribution in [0.5, 0.6) is 0 Å². The van der Waals surface area contributed by atoms with Gasteiger partial charge in [-0.15, -0.1) is 0 Å². The van der Waals surface area contributed by atoms with Gasteiger partial charge in [0.15, 0.2) is 0 Å². The second-order valence-corrected chi connectivity index (χ2v) is 6.78. The van der Waals surface area contributed by atoms with Crippen LogP contribution in [0.25, 0.3) is 0 Å². The number of nitrogens with two attached hydrogens (primary N) is 1. The smallest absolute Gasteiger partial charge is 0.410 e. The summed E-state index contributed by atoms with van der Waals surface area (Å²) in [5.74, 6) is -2.04. The van der Waals surface area contributed by atoms with Crippen LogP contribution in [0.4, 0.5) is 9.18 Å².